The van der Waals surface area contributed by atoms with Crippen LogP contribution < -0.4 is 31.3 Å². The van der Waals surface area contributed by atoms with E-state index in [0.717, 1.165) is 24.0 Å². The van der Waals surface area contributed by atoms with Crippen LogP contribution >= 0.6 is 23.2 Å². The third-order valence-corrected chi connectivity index (χ3v) is 9.33. The molecule has 10 nitrogen and oxygen atoms in total. The number of hydrogen-bond donors (Lipinski definition) is 5. The number of hydrogen-bond acceptors (Lipinski definition) is 8. The molecule has 0 bridgehead atoms. The van der Waals surface area contributed by atoms with Crippen molar-refractivity contribution in [3.8, 4) is 28.1 Å². The molecule has 2 aliphatic heterocycles. The summed E-state index contributed by atoms with van der Waals surface area (Å²) in [6.45, 7) is 2.08. The van der Waals surface area contributed by atoms with Gasteiger partial charge < -0.3 is 31.3 Å². The van der Waals surface area contributed by atoms with E-state index in [4.69, 9.17) is 27.9 Å². The van der Waals surface area contributed by atoms with Crippen molar-refractivity contribution in [1.29, 1.82) is 0 Å². The topological polar surface area (TPSA) is 129 Å². The Bertz CT molecular complexity index is 1830. The molecule has 2 atom stereocenters. The highest BCUT2D eigenvalue weighted by atomic mass is 35.5. The second-order valence-electron chi connectivity index (χ2n) is 11.8. The van der Waals surface area contributed by atoms with Gasteiger partial charge in [-0.3, -0.25) is 14.6 Å². The van der Waals surface area contributed by atoms with Gasteiger partial charge in [0.1, 0.15) is 5.75 Å². The number of benzene rings is 2. The number of ether oxygens (including phenoxy) is 1. The van der Waals surface area contributed by atoms with E-state index in [1.165, 1.54) is 6.20 Å². The van der Waals surface area contributed by atoms with E-state index in [2.05, 4.69) is 36.6 Å². The van der Waals surface area contributed by atoms with E-state index in [1.54, 1.807) is 37.6 Å². The second-order valence-corrected chi connectivity index (χ2v) is 12.6. The Morgan fingerprint density at radius 2 is 1.52 bits per heavy atom. The van der Waals surface area contributed by atoms with E-state index in [9.17, 15) is 9.59 Å². The summed E-state index contributed by atoms with van der Waals surface area (Å²) >= 11 is 13.9. The van der Waals surface area contributed by atoms with Crippen LogP contribution in [-0.2, 0) is 22.7 Å². The minimum Gasteiger partial charge on any atom is -0.496 e. The van der Waals surface area contributed by atoms with Gasteiger partial charge in [-0.2, -0.15) is 0 Å². The Kier molecular flexibility index (Phi) is 10.7. The molecule has 2 amide bonds. The Morgan fingerprint density at radius 3 is 2.19 bits per heavy atom. The molecule has 5 N–H and O–H groups in total. The second kappa shape index (κ2) is 15.3. The van der Waals surface area contributed by atoms with Crippen LogP contribution in [-0.4, -0.2) is 54.1 Å². The van der Waals surface area contributed by atoms with Crippen molar-refractivity contribution in [2.24, 2.45) is 0 Å². The maximum Gasteiger partial charge on any atom is 0.220 e. The van der Waals surface area contributed by atoms with Crippen molar-refractivity contribution in [3.63, 3.8) is 0 Å². The smallest absolute Gasteiger partial charge is 0.220 e. The monoisotopic (exact) mass is 691 g/mol. The lowest BCUT2D eigenvalue weighted by Crippen LogP contribution is -2.35. The van der Waals surface area contributed by atoms with Crippen LogP contribution in [0.5, 0.6) is 5.75 Å². The van der Waals surface area contributed by atoms with Gasteiger partial charge in [-0.25, -0.2) is 9.37 Å². The molecular weight excluding hydrogens is 656 g/mol. The first-order chi connectivity index (χ1) is 23.3. The first-order valence-corrected chi connectivity index (χ1v) is 16.6. The summed E-state index contributed by atoms with van der Waals surface area (Å²) in [5.41, 5.74) is 4.48. The largest absolute Gasteiger partial charge is 0.496 e. The Hall–Kier alpha value is -4.29. The number of rotatable bonds is 13. The standard InChI is InChI=1S/C35H36Cl2FN7O3/c1-48-28-15-20(5-6-21(28)16-39-18-23-7-9-29(46)43-23)34-32(37)26(12-14-41-34)25-3-2-4-27(31(25)36)45-35-33(38)22(11-13-42-35)17-40-19-24-8-10-30(47)44-24/h2-6,11-15,23-24,39-40H,7-10,16-19H2,1H3,(H,42,45)(H,43,46)(H,44,47)/t23-,24-/m1/s1. The van der Waals surface area contributed by atoms with Gasteiger partial charge in [-0.05, 0) is 37.1 Å². The van der Waals surface area contributed by atoms with Crippen LogP contribution in [0, 0.1) is 5.82 Å². The number of aromatic nitrogens is 2. The summed E-state index contributed by atoms with van der Waals surface area (Å²) in [5, 5.41) is 16.3. The van der Waals surface area contributed by atoms with Crippen LogP contribution in [0.1, 0.15) is 36.8 Å². The highest BCUT2D eigenvalue weighted by Crippen LogP contribution is 2.41. The zero-order valence-electron chi connectivity index (χ0n) is 26.3. The summed E-state index contributed by atoms with van der Waals surface area (Å²) in [6, 6.07) is 14.8. The molecule has 0 radical (unpaired) electrons. The van der Waals surface area contributed by atoms with E-state index in [-0.39, 0.29) is 36.3 Å². The van der Waals surface area contributed by atoms with Gasteiger partial charge in [0.15, 0.2) is 11.6 Å². The lowest BCUT2D eigenvalue weighted by Gasteiger charge is -2.16. The van der Waals surface area contributed by atoms with Crippen LogP contribution in [0.4, 0.5) is 15.9 Å². The number of nitrogens with zero attached hydrogens (tertiary/aromatic N) is 2. The number of carbonyl (C=O) groups excluding carboxylic acids is 2. The maximum atomic E-state index is 15.5. The lowest BCUT2D eigenvalue weighted by atomic mass is 10.0. The molecule has 4 heterocycles. The Labute approximate surface area is 288 Å². The van der Waals surface area contributed by atoms with E-state index in [0.29, 0.717) is 76.3 Å². The number of pyridine rings is 2. The zero-order valence-corrected chi connectivity index (χ0v) is 27.8. The highest BCUT2D eigenvalue weighted by molar-refractivity contribution is 6.39. The van der Waals surface area contributed by atoms with Gasteiger partial charge in [-0.1, -0.05) is 47.5 Å². The fourth-order valence-electron chi connectivity index (χ4n) is 5.99. The fourth-order valence-corrected chi connectivity index (χ4v) is 6.58. The van der Waals surface area contributed by atoms with Crippen molar-refractivity contribution >= 4 is 46.5 Å². The molecule has 2 saturated heterocycles. The summed E-state index contributed by atoms with van der Waals surface area (Å²) in [5.74, 6) is 0.356. The van der Waals surface area contributed by atoms with Gasteiger partial charge >= 0.3 is 0 Å². The molecule has 0 saturated carbocycles. The third-order valence-electron chi connectivity index (χ3n) is 8.54. The normalized spacial score (nSPS) is 17.3. The zero-order chi connectivity index (χ0) is 33.6. The molecule has 0 unspecified atom stereocenters. The summed E-state index contributed by atoms with van der Waals surface area (Å²) in [6.07, 6.45) is 5.87. The molecule has 0 spiro atoms. The van der Waals surface area contributed by atoms with Crippen LogP contribution in [0.15, 0.2) is 60.9 Å². The van der Waals surface area contributed by atoms with Crippen molar-refractivity contribution in [3.05, 3.63) is 87.9 Å². The molecule has 0 aliphatic carbocycles. The van der Waals surface area contributed by atoms with E-state index >= 15 is 4.39 Å². The molecule has 2 fully saturated rings. The summed E-state index contributed by atoms with van der Waals surface area (Å²) in [4.78, 5) is 31.7. The Morgan fingerprint density at radius 1 is 0.854 bits per heavy atom. The summed E-state index contributed by atoms with van der Waals surface area (Å²) in [7, 11) is 1.62. The molecular formula is C35H36Cl2FN7O3. The predicted molar refractivity (Wildman–Crippen MR) is 185 cm³/mol. The van der Waals surface area contributed by atoms with Crippen molar-refractivity contribution in [2.75, 3.05) is 25.5 Å². The SMILES string of the molecule is COc1cc(-c2nccc(-c3cccc(Nc4nccc(CNC[C@H]5CCC(=O)N5)c4F)c3Cl)c2Cl)ccc1CNC[C@H]1CCC(=O)N1. The van der Waals surface area contributed by atoms with E-state index < -0.39 is 5.82 Å². The average molecular weight is 693 g/mol. The van der Waals surface area contributed by atoms with Crippen molar-refractivity contribution in [2.45, 2.75) is 50.9 Å². The van der Waals surface area contributed by atoms with E-state index in [1.807, 2.05) is 24.3 Å². The Balaban J connectivity index is 1.17. The number of halogens is 3. The third kappa shape index (κ3) is 7.71. The molecule has 4 aromatic rings. The molecule has 48 heavy (non-hydrogen) atoms. The molecule has 2 aliphatic rings. The molecule has 6 rings (SSSR count). The number of amides is 2. The number of carbonyl (C=O) groups is 2. The highest BCUT2D eigenvalue weighted by Gasteiger charge is 2.22. The van der Waals surface area contributed by atoms with Gasteiger partial charge in [0.2, 0.25) is 11.8 Å². The quantitative estimate of drug-likeness (QED) is 0.120. The molecule has 2 aromatic heterocycles. The van der Waals surface area contributed by atoms with Gasteiger partial charge in [-0.15, -0.1) is 0 Å². The number of nitrogens with one attached hydrogen (secondary N) is 5. The van der Waals surface area contributed by atoms with Gasteiger partial charge in [0.05, 0.1) is 28.5 Å². The van der Waals surface area contributed by atoms with Crippen LogP contribution in [0.25, 0.3) is 22.4 Å². The number of methoxy groups -OCH3 is 1. The molecule has 2 aromatic carbocycles. The summed E-state index contributed by atoms with van der Waals surface area (Å²) < 4.78 is 21.2. The maximum absolute atomic E-state index is 15.5. The van der Waals surface area contributed by atoms with Crippen molar-refractivity contribution in [1.82, 2.24) is 31.2 Å². The first-order valence-electron chi connectivity index (χ1n) is 15.8. The van der Waals surface area contributed by atoms with Crippen LogP contribution in [0.2, 0.25) is 10.0 Å². The number of anilines is 2. The van der Waals surface area contributed by atoms with Crippen molar-refractivity contribution < 1.29 is 18.7 Å². The molecule has 250 valence electrons. The predicted octanol–water partition coefficient (Wildman–Crippen LogP) is 5.75. The molecule has 13 heteroatoms. The first kappa shape index (κ1) is 33.6. The average Bonchev–Trinajstić information content (AvgIpc) is 3.70. The minimum atomic E-state index is -0.496. The van der Waals surface area contributed by atoms with Crippen LogP contribution in [0.3, 0.4) is 0 Å². The fraction of sp³-hybridized carbons (Fsp3) is 0.314. The lowest BCUT2D eigenvalue weighted by molar-refractivity contribution is -0.120. The minimum absolute atomic E-state index is 0.0405. The van der Waals surface area contributed by atoms with Gasteiger partial charge in [0.25, 0.3) is 0 Å². The van der Waals surface area contributed by atoms with Gasteiger partial charge in [0, 0.05) is 91.3 Å².